The van der Waals surface area contributed by atoms with Crippen molar-refractivity contribution < 1.29 is 18.7 Å². The van der Waals surface area contributed by atoms with E-state index in [0.717, 1.165) is 11.1 Å². The minimum absolute atomic E-state index is 0.376. The van der Waals surface area contributed by atoms with Crippen molar-refractivity contribution in [1.29, 1.82) is 0 Å². The van der Waals surface area contributed by atoms with E-state index in [4.69, 9.17) is 13.9 Å². The summed E-state index contributed by atoms with van der Waals surface area (Å²) >= 11 is 0. The predicted molar refractivity (Wildman–Crippen MR) is 98.5 cm³/mol. The van der Waals surface area contributed by atoms with E-state index in [9.17, 15) is 9.59 Å². The Balaban J connectivity index is 2.19. The van der Waals surface area contributed by atoms with Crippen LogP contribution in [0.15, 0.2) is 51.7 Å². The fraction of sp³-hybridized carbons (Fsp3) is 0.238. The summed E-state index contributed by atoms with van der Waals surface area (Å²) in [6, 6.07) is 12.7. The van der Waals surface area contributed by atoms with Crippen LogP contribution in [0, 0.1) is 20.8 Å². The molecule has 1 heterocycles. The first-order valence-electron chi connectivity index (χ1n) is 8.26. The first-order valence-corrected chi connectivity index (χ1v) is 8.26. The quantitative estimate of drug-likeness (QED) is 0.524. The molecular formula is C21H20O5. The number of carbonyl (C=O) groups excluding carboxylic acids is 1. The Labute approximate surface area is 151 Å². The molecule has 0 spiro atoms. The lowest BCUT2D eigenvalue weighted by molar-refractivity contribution is -0.149. The molecule has 2 aromatic carbocycles. The van der Waals surface area contributed by atoms with Gasteiger partial charge in [0.2, 0.25) is 6.10 Å². The molecule has 0 aliphatic rings. The van der Waals surface area contributed by atoms with Crippen LogP contribution in [0.3, 0.4) is 0 Å². The molecule has 0 aliphatic heterocycles. The standard InChI is InChI=1S/C21H20O5/c1-12-10-16(18-13(2)14(3)20(22)26-17(18)11-12)25-19(21(23)24-4)15-8-6-5-7-9-15/h5-11,19H,1-4H3/t19-/m1/s1. The molecule has 1 aromatic heterocycles. The Morgan fingerprint density at radius 2 is 1.73 bits per heavy atom. The van der Waals surface area contributed by atoms with E-state index < -0.39 is 12.1 Å². The minimum Gasteiger partial charge on any atom is -0.473 e. The van der Waals surface area contributed by atoms with Crippen LogP contribution in [0.25, 0.3) is 11.0 Å². The molecule has 0 radical (unpaired) electrons. The van der Waals surface area contributed by atoms with Crippen LogP contribution in [-0.2, 0) is 9.53 Å². The van der Waals surface area contributed by atoms with Gasteiger partial charge in [0.05, 0.1) is 12.5 Å². The summed E-state index contributed by atoms with van der Waals surface area (Å²) < 4.78 is 16.4. The van der Waals surface area contributed by atoms with Crippen LogP contribution >= 0.6 is 0 Å². The maximum Gasteiger partial charge on any atom is 0.351 e. The molecule has 5 nitrogen and oxygen atoms in total. The van der Waals surface area contributed by atoms with Crippen molar-refractivity contribution in [1.82, 2.24) is 0 Å². The smallest absolute Gasteiger partial charge is 0.351 e. The molecule has 0 amide bonds. The summed E-state index contributed by atoms with van der Waals surface area (Å²) in [6.45, 7) is 5.42. The predicted octanol–water partition coefficient (Wildman–Crippen LogP) is 4.01. The number of esters is 1. The maximum absolute atomic E-state index is 12.3. The van der Waals surface area contributed by atoms with Gasteiger partial charge in [0, 0.05) is 11.1 Å². The number of aryl methyl sites for hydroxylation is 2. The summed E-state index contributed by atoms with van der Waals surface area (Å²) in [5, 5.41) is 0.678. The lowest BCUT2D eigenvalue weighted by Crippen LogP contribution is -2.20. The topological polar surface area (TPSA) is 65.7 Å². The second-order valence-corrected chi connectivity index (χ2v) is 6.21. The van der Waals surface area contributed by atoms with E-state index >= 15 is 0 Å². The van der Waals surface area contributed by atoms with Gasteiger partial charge < -0.3 is 13.9 Å². The first-order chi connectivity index (χ1) is 12.4. The van der Waals surface area contributed by atoms with Gasteiger partial charge in [-0.2, -0.15) is 0 Å². The molecule has 134 valence electrons. The normalized spacial score (nSPS) is 12.0. The van der Waals surface area contributed by atoms with Crippen molar-refractivity contribution in [3.8, 4) is 5.75 Å². The summed E-state index contributed by atoms with van der Waals surface area (Å²) in [6.07, 6.45) is -0.919. The number of rotatable bonds is 4. The number of methoxy groups -OCH3 is 1. The zero-order chi connectivity index (χ0) is 18.8. The molecule has 0 N–H and O–H groups in total. The van der Waals surface area contributed by atoms with Gasteiger partial charge in [-0.1, -0.05) is 30.3 Å². The van der Waals surface area contributed by atoms with Crippen LogP contribution in [0.5, 0.6) is 5.75 Å². The van der Waals surface area contributed by atoms with Crippen molar-refractivity contribution in [3.05, 3.63) is 75.1 Å². The highest BCUT2D eigenvalue weighted by Crippen LogP contribution is 2.34. The van der Waals surface area contributed by atoms with Crippen LogP contribution in [0.4, 0.5) is 0 Å². The van der Waals surface area contributed by atoms with Gasteiger partial charge in [0.1, 0.15) is 11.3 Å². The van der Waals surface area contributed by atoms with E-state index in [0.29, 0.717) is 27.8 Å². The lowest BCUT2D eigenvalue weighted by Gasteiger charge is -2.19. The highest BCUT2D eigenvalue weighted by molar-refractivity contribution is 5.89. The maximum atomic E-state index is 12.3. The van der Waals surface area contributed by atoms with Crippen molar-refractivity contribution in [3.63, 3.8) is 0 Å². The monoisotopic (exact) mass is 352 g/mol. The summed E-state index contributed by atoms with van der Waals surface area (Å²) in [7, 11) is 1.32. The van der Waals surface area contributed by atoms with Crippen LogP contribution in [-0.4, -0.2) is 13.1 Å². The third kappa shape index (κ3) is 3.20. The Morgan fingerprint density at radius 3 is 2.38 bits per heavy atom. The number of benzene rings is 2. The summed E-state index contributed by atoms with van der Waals surface area (Å²) in [4.78, 5) is 24.3. The summed E-state index contributed by atoms with van der Waals surface area (Å²) in [5.41, 5.74) is 2.88. The van der Waals surface area contributed by atoms with E-state index in [1.165, 1.54) is 7.11 Å². The van der Waals surface area contributed by atoms with Crippen molar-refractivity contribution in [2.24, 2.45) is 0 Å². The Kier molecular flexibility index (Phi) is 4.80. The number of hydrogen-bond acceptors (Lipinski definition) is 5. The molecule has 1 atom stereocenters. The van der Waals surface area contributed by atoms with Gasteiger partial charge >= 0.3 is 11.6 Å². The fourth-order valence-electron chi connectivity index (χ4n) is 2.90. The number of fused-ring (bicyclic) bond motifs is 1. The molecule has 0 fully saturated rings. The van der Waals surface area contributed by atoms with E-state index in [2.05, 4.69) is 0 Å². The molecule has 5 heteroatoms. The third-order valence-electron chi connectivity index (χ3n) is 4.42. The first kappa shape index (κ1) is 17.7. The largest absolute Gasteiger partial charge is 0.473 e. The SMILES string of the molecule is COC(=O)[C@H](Oc1cc(C)cc2oc(=O)c(C)c(C)c12)c1ccccc1. The minimum atomic E-state index is -0.919. The zero-order valence-electron chi connectivity index (χ0n) is 15.2. The Hall–Kier alpha value is -3.08. The van der Waals surface area contributed by atoms with Crippen LogP contribution in [0.1, 0.15) is 28.4 Å². The highest BCUT2D eigenvalue weighted by atomic mass is 16.6. The molecule has 0 aliphatic carbocycles. The van der Waals surface area contributed by atoms with Gasteiger partial charge in [-0.3, -0.25) is 0 Å². The van der Waals surface area contributed by atoms with Crippen molar-refractivity contribution >= 4 is 16.9 Å². The molecule has 0 saturated carbocycles. The molecule has 3 aromatic rings. The van der Waals surface area contributed by atoms with Crippen molar-refractivity contribution in [2.45, 2.75) is 26.9 Å². The molecule has 0 unspecified atom stereocenters. The average Bonchev–Trinajstić information content (AvgIpc) is 2.63. The molecule has 0 saturated heterocycles. The second-order valence-electron chi connectivity index (χ2n) is 6.21. The summed E-state index contributed by atoms with van der Waals surface area (Å²) in [5.74, 6) is -0.0267. The van der Waals surface area contributed by atoms with Gasteiger partial charge in [-0.15, -0.1) is 0 Å². The van der Waals surface area contributed by atoms with E-state index in [1.807, 2.05) is 38.1 Å². The van der Waals surface area contributed by atoms with Crippen molar-refractivity contribution in [2.75, 3.05) is 7.11 Å². The van der Waals surface area contributed by atoms with E-state index in [-0.39, 0.29) is 5.63 Å². The molecule has 0 bridgehead atoms. The highest BCUT2D eigenvalue weighted by Gasteiger charge is 2.25. The van der Waals surface area contributed by atoms with Gasteiger partial charge in [0.15, 0.2) is 0 Å². The second kappa shape index (κ2) is 7.04. The zero-order valence-corrected chi connectivity index (χ0v) is 15.2. The Morgan fingerprint density at radius 1 is 1.04 bits per heavy atom. The van der Waals surface area contributed by atoms with Crippen LogP contribution < -0.4 is 10.4 Å². The fourth-order valence-corrected chi connectivity index (χ4v) is 2.90. The van der Waals surface area contributed by atoms with Gasteiger partial charge in [-0.05, 0) is 44.0 Å². The van der Waals surface area contributed by atoms with Gasteiger partial charge in [0.25, 0.3) is 0 Å². The lowest BCUT2D eigenvalue weighted by atomic mass is 10.0. The molecular weight excluding hydrogens is 332 g/mol. The molecule has 3 rings (SSSR count). The third-order valence-corrected chi connectivity index (χ3v) is 4.42. The molecule has 26 heavy (non-hydrogen) atoms. The van der Waals surface area contributed by atoms with E-state index in [1.54, 1.807) is 25.1 Å². The van der Waals surface area contributed by atoms with Gasteiger partial charge in [-0.25, -0.2) is 9.59 Å². The average molecular weight is 352 g/mol. The number of ether oxygens (including phenoxy) is 2. The number of carbonyl (C=O) groups is 1. The van der Waals surface area contributed by atoms with Crippen LogP contribution in [0.2, 0.25) is 0 Å². The number of hydrogen-bond donors (Lipinski definition) is 0. The Bertz CT molecular complexity index is 1020.